The fourth-order valence-corrected chi connectivity index (χ4v) is 6.57. The highest BCUT2D eigenvalue weighted by molar-refractivity contribution is 6.13. The number of nitrogens with zero attached hydrogens (tertiary/aromatic N) is 4. The number of hydrogen-bond acceptors (Lipinski definition) is 3. The van der Waals surface area contributed by atoms with Crippen LogP contribution in [0.1, 0.15) is 22.3 Å². The van der Waals surface area contributed by atoms with E-state index in [4.69, 9.17) is 4.98 Å². The van der Waals surface area contributed by atoms with Gasteiger partial charge in [0.1, 0.15) is 5.65 Å². The van der Waals surface area contributed by atoms with Crippen molar-refractivity contribution in [2.45, 2.75) is 12.8 Å². The summed E-state index contributed by atoms with van der Waals surface area (Å²) in [5, 5.41) is 3.38. The molecule has 0 bridgehead atoms. The van der Waals surface area contributed by atoms with Crippen molar-refractivity contribution in [2.24, 2.45) is 0 Å². The molecular weight excluding hydrogens is 428 g/mol. The number of hydrogen-bond donors (Lipinski definition) is 0. The van der Waals surface area contributed by atoms with Crippen LogP contribution in [0.4, 0.5) is 0 Å². The Morgan fingerprint density at radius 2 is 1.43 bits per heavy atom. The van der Waals surface area contributed by atoms with E-state index < -0.39 is 0 Å². The van der Waals surface area contributed by atoms with Crippen molar-refractivity contribution in [1.29, 1.82) is 0 Å². The van der Waals surface area contributed by atoms with Gasteiger partial charge in [-0.05, 0) is 69.1 Å². The SMILES string of the molecule is c1ccc2c(c1)Cc1c-2ccc2c1-c1ccc3c(nc4c5ccncc5c5ccncc5n34)c1C2. The number of benzene rings is 3. The summed E-state index contributed by atoms with van der Waals surface area (Å²) in [6, 6.07) is 22.2. The topological polar surface area (TPSA) is 43.1 Å². The molecule has 7 aromatic rings. The number of aromatic nitrogens is 4. The standard InChI is InChI=1S/C31H18N4/c1-2-4-19-17(3-1)13-24-20(19)6-5-18-14-25-22(29(18)24)7-8-27-30(25)34-31-23-10-12-32-15-26(23)21-9-11-33-16-28(21)35(27)31/h1-12,15-16H,13-14H2. The van der Waals surface area contributed by atoms with Crippen molar-refractivity contribution in [3.05, 3.63) is 108 Å². The van der Waals surface area contributed by atoms with Gasteiger partial charge in [-0.15, -0.1) is 0 Å². The van der Waals surface area contributed by atoms with Gasteiger partial charge in [0.25, 0.3) is 0 Å². The Labute approximate surface area is 200 Å². The maximum atomic E-state index is 5.29. The molecule has 35 heavy (non-hydrogen) atoms. The minimum absolute atomic E-state index is 0.922. The van der Waals surface area contributed by atoms with Crippen LogP contribution in [0.15, 0.2) is 85.5 Å². The van der Waals surface area contributed by atoms with E-state index >= 15 is 0 Å². The van der Waals surface area contributed by atoms with Crippen molar-refractivity contribution >= 4 is 38.4 Å². The van der Waals surface area contributed by atoms with Gasteiger partial charge in [-0.1, -0.05) is 42.5 Å². The van der Waals surface area contributed by atoms with E-state index in [1.165, 1.54) is 44.5 Å². The van der Waals surface area contributed by atoms with E-state index in [0.717, 1.165) is 51.2 Å². The molecule has 0 amide bonds. The summed E-state index contributed by atoms with van der Waals surface area (Å²) < 4.78 is 2.28. The van der Waals surface area contributed by atoms with E-state index in [0.29, 0.717) is 0 Å². The first-order chi connectivity index (χ1) is 17.4. The molecule has 0 radical (unpaired) electrons. The van der Waals surface area contributed by atoms with Gasteiger partial charge in [-0.25, -0.2) is 4.98 Å². The Bertz CT molecular complexity index is 2070. The van der Waals surface area contributed by atoms with Crippen LogP contribution in [-0.2, 0) is 12.8 Å². The summed E-state index contributed by atoms with van der Waals surface area (Å²) in [6.45, 7) is 0. The lowest BCUT2D eigenvalue weighted by molar-refractivity contribution is 1.24. The van der Waals surface area contributed by atoms with Crippen LogP contribution in [0, 0.1) is 0 Å². The molecule has 2 aliphatic carbocycles. The van der Waals surface area contributed by atoms with E-state index in [-0.39, 0.29) is 0 Å². The highest BCUT2D eigenvalue weighted by Gasteiger charge is 2.30. The van der Waals surface area contributed by atoms with Crippen LogP contribution in [0.25, 0.3) is 60.6 Å². The van der Waals surface area contributed by atoms with Crippen molar-refractivity contribution in [2.75, 3.05) is 0 Å². The third-order valence-electron chi connectivity index (χ3n) is 8.04. The summed E-state index contributed by atoms with van der Waals surface area (Å²) in [5.74, 6) is 0. The van der Waals surface area contributed by atoms with Gasteiger partial charge >= 0.3 is 0 Å². The lowest BCUT2D eigenvalue weighted by Gasteiger charge is -2.09. The molecule has 4 nitrogen and oxygen atoms in total. The van der Waals surface area contributed by atoms with Crippen LogP contribution < -0.4 is 0 Å². The number of imidazole rings is 1. The quantitative estimate of drug-likeness (QED) is 0.243. The van der Waals surface area contributed by atoms with E-state index in [2.05, 4.69) is 75.0 Å². The zero-order valence-corrected chi connectivity index (χ0v) is 18.8. The summed E-state index contributed by atoms with van der Waals surface area (Å²) in [6.07, 6.45) is 9.53. The minimum Gasteiger partial charge on any atom is -0.290 e. The number of rotatable bonds is 0. The Kier molecular flexibility index (Phi) is 3.11. The lowest BCUT2D eigenvalue weighted by atomic mass is 9.95. The molecule has 162 valence electrons. The molecule has 4 aromatic heterocycles. The Hall–Kier alpha value is -4.57. The van der Waals surface area contributed by atoms with E-state index in [1.54, 1.807) is 0 Å². The monoisotopic (exact) mass is 446 g/mol. The van der Waals surface area contributed by atoms with Crippen LogP contribution in [0.5, 0.6) is 0 Å². The predicted octanol–water partition coefficient (Wildman–Crippen LogP) is 6.73. The summed E-state index contributed by atoms with van der Waals surface area (Å²) >= 11 is 0. The number of fused-ring (bicyclic) bond motifs is 16. The van der Waals surface area contributed by atoms with Gasteiger partial charge in [0, 0.05) is 41.2 Å². The molecular formula is C31H18N4. The second kappa shape index (κ2) is 6.10. The normalized spacial score (nSPS) is 13.5. The number of pyridine rings is 3. The molecule has 0 saturated heterocycles. The lowest BCUT2D eigenvalue weighted by Crippen LogP contribution is -1.92. The van der Waals surface area contributed by atoms with E-state index in [9.17, 15) is 0 Å². The van der Waals surface area contributed by atoms with Crippen molar-refractivity contribution in [3.8, 4) is 22.3 Å². The Balaban J connectivity index is 1.39. The zero-order valence-electron chi connectivity index (χ0n) is 18.8. The van der Waals surface area contributed by atoms with Crippen LogP contribution in [0.2, 0.25) is 0 Å². The first kappa shape index (κ1) is 17.8. The molecule has 0 saturated carbocycles. The molecule has 0 N–H and O–H groups in total. The summed E-state index contributed by atoms with van der Waals surface area (Å²) in [5.41, 5.74) is 15.5. The van der Waals surface area contributed by atoms with Gasteiger partial charge in [-0.2, -0.15) is 0 Å². The predicted molar refractivity (Wildman–Crippen MR) is 140 cm³/mol. The van der Waals surface area contributed by atoms with Crippen LogP contribution >= 0.6 is 0 Å². The van der Waals surface area contributed by atoms with Gasteiger partial charge in [-0.3, -0.25) is 14.4 Å². The van der Waals surface area contributed by atoms with Crippen LogP contribution in [0.3, 0.4) is 0 Å². The molecule has 4 heteroatoms. The van der Waals surface area contributed by atoms with E-state index in [1.807, 2.05) is 24.8 Å². The fourth-order valence-electron chi connectivity index (χ4n) is 6.57. The third kappa shape index (κ3) is 2.11. The molecule has 3 aromatic carbocycles. The molecule has 9 rings (SSSR count). The fraction of sp³-hybridized carbons (Fsp3) is 0.0645. The molecule has 0 fully saturated rings. The molecule has 0 atom stereocenters. The maximum absolute atomic E-state index is 5.29. The Morgan fingerprint density at radius 3 is 2.40 bits per heavy atom. The zero-order chi connectivity index (χ0) is 22.7. The maximum Gasteiger partial charge on any atom is 0.146 e. The van der Waals surface area contributed by atoms with Crippen LogP contribution in [-0.4, -0.2) is 19.4 Å². The Morgan fingerprint density at radius 1 is 0.600 bits per heavy atom. The van der Waals surface area contributed by atoms with Gasteiger partial charge in [0.2, 0.25) is 0 Å². The first-order valence-corrected chi connectivity index (χ1v) is 12.0. The highest BCUT2D eigenvalue weighted by atomic mass is 15.0. The molecule has 0 spiro atoms. The van der Waals surface area contributed by atoms with Crippen molar-refractivity contribution in [1.82, 2.24) is 19.4 Å². The van der Waals surface area contributed by atoms with Gasteiger partial charge in [0.05, 0.1) is 22.7 Å². The molecule has 4 heterocycles. The molecule has 0 aliphatic heterocycles. The average Bonchev–Trinajstić information content (AvgIpc) is 3.59. The van der Waals surface area contributed by atoms with Crippen molar-refractivity contribution < 1.29 is 0 Å². The molecule has 0 unspecified atom stereocenters. The second-order valence-electron chi connectivity index (χ2n) is 9.68. The minimum atomic E-state index is 0.922. The summed E-state index contributed by atoms with van der Waals surface area (Å²) in [4.78, 5) is 14.1. The van der Waals surface area contributed by atoms with Crippen molar-refractivity contribution in [3.63, 3.8) is 0 Å². The smallest absolute Gasteiger partial charge is 0.146 e. The van der Waals surface area contributed by atoms with Gasteiger partial charge in [0.15, 0.2) is 0 Å². The highest BCUT2D eigenvalue weighted by Crippen LogP contribution is 2.49. The summed E-state index contributed by atoms with van der Waals surface area (Å²) in [7, 11) is 0. The third-order valence-corrected chi connectivity index (χ3v) is 8.04. The largest absolute Gasteiger partial charge is 0.290 e. The average molecular weight is 447 g/mol. The van der Waals surface area contributed by atoms with Gasteiger partial charge < -0.3 is 0 Å². The first-order valence-electron chi connectivity index (χ1n) is 12.0. The molecule has 2 aliphatic rings. The second-order valence-corrected chi connectivity index (χ2v) is 9.68.